The molecule has 3 atom stereocenters. The van der Waals surface area contributed by atoms with E-state index in [0.29, 0.717) is 12.3 Å². The first kappa shape index (κ1) is 18.5. The largest absolute Gasteiger partial charge is 0.436 e. The highest BCUT2D eigenvalue weighted by Crippen LogP contribution is 2.47. The summed E-state index contributed by atoms with van der Waals surface area (Å²) in [5.74, 6) is -0.459. The Balaban J connectivity index is 1.81. The number of carbonyl (C=O) groups is 1. The second-order valence-electron chi connectivity index (χ2n) is 6.79. The van der Waals surface area contributed by atoms with Gasteiger partial charge in [0.1, 0.15) is 6.04 Å². The molecule has 0 aromatic carbocycles. The second-order valence-corrected chi connectivity index (χ2v) is 7.17. The normalized spacial score (nSPS) is 23.5. The van der Waals surface area contributed by atoms with Gasteiger partial charge in [0.2, 0.25) is 5.91 Å². The quantitative estimate of drug-likeness (QED) is 0.849. The van der Waals surface area contributed by atoms with Crippen LogP contribution in [0.5, 0.6) is 0 Å². The highest BCUT2D eigenvalue weighted by Gasteiger charge is 2.43. The smallest absolute Gasteiger partial charge is 0.376 e. The van der Waals surface area contributed by atoms with Crippen molar-refractivity contribution in [3.8, 4) is 0 Å². The van der Waals surface area contributed by atoms with E-state index in [0.717, 1.165) is 30.4 Å². The fourth-order valence-corrected chi connectivity index (χ4v) is 3.56. The maximum absolute atomic E-state index is 13.1. The lowest BCUT2D eigenvalue weighted by molar-refractivity contribution is -0.142. The summed E-state index contributed by atoms with van der Waals surface area (Å²) in [5, 5.41) is 6.07. The van der Waals surface area contributed by atoms with Crippen LogP contribution in [0.4, 0.5) is 13.2 Å². The number of rotatable bonds is 5. The predicted molar refractivity (Wildman–Crippen MR) is 85.5 cm³/mol. The molecule has 25 heavy (non-hydrogen) atoms. The Morgan fingerprint density at radius 1 is 1.36 bits per heavy atom. The van der Waals surface area contributed by atoms with Crippen LogP contribution in [-0.2, 0) is 15.7 Å². The number of nitrogens with zero attached hydrogens (tertiary/aromatic N) is 2. The molecule has 1 aromatic rings. The number of amides is 1. The molecule has 3 rings (SSSR count). The standard InChI is InChI=1S/C16H21ClF3N3O2/c1-8(11-4-3-7-25-11)21-15(24)9(2)23-13(10-5-6-10)12(17)14(22-23)16(18,19)20/h8-11H,3-7H2,1-2H3,(H,21,24). The summed E-state index contributed by atoms with van der Waals surface area (Å²) >= 11 is 5.95. The van der Waals surface area contributed by atoms with Gasteiger partial charge >= 0.3 is 6.18 Å². The third kappa shape index (κ3) is 3.79. The van der Waals surface area contributed by atoms with Crippen molar-refractivity contribution < 1.29 is 22.7 Å². The number of halogens is 4. The highest BCUT2D eigenvalue weighted by atomic mass is 35.5. The van der Waals surface area contributed by atoms with Gasteiger partial charge in [0.15, 0.2) is 5.69 Å². The van der Waals surface area contributed by atoms with Crippen molar-refractivity contribution in [3.63, 3.8) is 0 Å². The summed E-state index contributed by atoms with van der Waals surface area (Å²) in [6.07, 6.45) is -1.41. The molecule has 2 aliphatic rings. The van der Waals surface area contributed by atoms with E-state index in [1.54, 1.807) is 0 Å². The van der Waals surface area contributed by atoms with Crippen LogP contribution in [0.3, 0.4) is 0 Å². The van der Waals surface area contributed by atoms with Crippen LogP contribution in [0.15, 0.2) is 0 Å². The Bertz CT molecular complexity index is 652. The van der Waals surface area contributed by atoms with E-state index in [9.17, 15) is 18.0 Å². The number of hydrogen-bond acceptors (Lipinski definition) is 3. The van der Waals surface area contributed by atoms with Crippen LogP contribution in [0.2, 0.25) is 5.02 Å². The Morgan fingerprint density at radius 3 is 2.56 bits per heavy atom. The lowest BCUT2D eigenvalue weighted by atomic mass is 10.1. The molecule has 2 fully saturated rings. The van der Waals surface area contributed by atoms with Gasteiger partial charge in [-0.1, -0.05) is 11.6 Å². The van der Waals surface area contributed by atoms with Crippen molar-refractivity contribution >= 4 is 17.5 Å². The van der Waals surface area contributed by atoms with E-state index in [-0.39, 0.29) is 23.1 Å². The molecule has 1 aromatic heterocycles. The van der Waals surface area contributed by atoms with Crippen LogP contribution >= 0.6 is 11.6 Å². The van der Waals surface area contributed by atoms with Crippen LogP contribution in [0, 0.1) is 0 Å². The Labute approximate surface area is 148 Å². The van der Waals surface area contributed by atoms with Crippen molar-refractivity contribution in [2.24, 2.45) is 0 Å². The molecular weight excluding hydrogens is 359 g/mol. The van der Waals surface area contributed by atoms with Crippen molar-refractivity contribution in [2.75, 3.05) is 6.61 Å². The van der Waals surface area contributed by atoms with Gasteiger partial charge in [-0.15, -0.1) is 0 Å². The van der Waals surface area contributed by atoms with Crippen LogP contribution in [0.25, 0.3) is 0 Å². The van der Waals surface area contributed by atoms with Gasteiger partial charge in [-0.3, -0.25) is 9.48 Å². The summed E-state index contributed by atoms with van der Waals surface area (Å²) in [7, 11) is 0. The van der Waals surface area contributed by atoms with Gasteiger partial charge in [-0.25, -0.2) is 0 Å². The molecule has 0 bridgehead atoms. The SMILES string of the molecule is CC(NC(=O)C(C)n1nc(C(F)(F)F)c(Cl)c1C1CC1)C1CCCO1. The summed E-state index contributed by atoms with van der Waals surface area (Å²) in [5.41, 5.74) is -0.815. The van der Waals surface area contributed by atoms with E-state index in [4.69, 9.17) is 16.3 Å². The highest BCUT2D eigenvalue weighted by molar-refractivity contribution is 6.32. The number of carbonyl (C=O) groups excluding carboxylic acids is 1. The molecule has 9 heteroatoms. The summed E-state index contributed by atoms with van der Waals surface area (Å²) in [6.45, 7) is 4.03. The van der Waals surface area contributed by atoms with E-state index in [1.807, 2.05) is 6.92 Å². The van der Waals surface area contributed by atoms with Crippen molar-refractivity contribution in [2.45, 2.75) is 69.8 Å². The lowest BCUT2D eigenvalue weighted by Gasteiger charge is -2.23. The number of hydrogen-bond donors (Lipinski definition) is 1. The second kappa shape index (κ2) is 6.79. The number of aromatic nitrogens is 2. The zero-order valence-corrected chi connectivity index (χ0v) is 14.8. The zero-order valence-electron chi connectivity index (χ0n) is 14.1. The van der Waals surface area contributed by atoms with Crippen LogP contribution in [0.1, 0.15) is 62.9 Å². The minimum Gasteiger partial charge on any atom is -0.376 e. The fourth-order valence-electron chi connectivity index (χ4n) is 3.17. The molecule has 3 unspecified atom stereocenters. The molecule has 5 nitrogen and oxygen atoms in total. The average Bonchev–Trinajstić information content (AvgIpc) is 3.08. The van der Waals surface area contributed by atoms with E-state index >= 15 is 0 Å². The monoisotopic (exact) mass is 379 g/mol. The number of ether oxygens (including phenoxy) is 1. The summed E-state index contributed by atoms with van der Waals surface area (Å²) in [4.78, 5) is 12.5. The van der Waals surface area contributed by atoms with Gasteiger partial charge in [0, 0.05) is 12.5 Å². The van der Waals surface area contributed by atoms with Crippen molar-refractivity contribution in [1.82, 2.24) is 15.1 Å². The van der Waals surface area contributed by atoms with Crippen LogP contribution in [-0.4, -0.2) is 34.4 Å². The zero-order chi connectivity index (χ0) is 18.4. The maximum Gasteiger partial charge on any atom is 0.436 e. The fraction of sp³-hybridized carbons (Fsp3) is 0.750. The Hall–Kier alpha value is -1.28. The van der Waals surface area contributed by atoms with Gasteiger partial charge in [-0.05, 0) is 39.5 Å². The molecule has 1 amide bonds. The molecule has 1 saturated heterocycles. The summed E-state index contributed by atoms with van der Waals surface area (Å²) in [6, 6.07) is -1.09. The Morgan fingerprint density at radius 2 is 2.04 bits per heavy atom. The average molecular weight is 380 g/mol. The first-order chi connectivity index (χ1) is 11.7. The van der Waals surface area contributed by atoms with Crippen molar-refractivity contribution in [3.05, 3.63) is 16.4 Å². The minimum atomic E-state index is -4.65. The maximum atomic E-state index is 13.1. The van der Waals surface area contributed by atoms with Gasteiger partial charge in [0.05, 0.1) is 22.9 Å². The van der Waals surface area contributed by atoms with Crippen molar-refractivity contribution in [1.29, 1.82) is 0 Å². The predicted octanol–water partition coefficient (Wildman–Crippen LogP) is 3.68. The number of alkyl halides is 3. The third-order valence-electron chi connectivity index (χ3n) is 4.76. The molecule has 1 N–H and O–H groups in total. The van der Waals surface area contributed by atoms with Crippen LogP contribution < -0.4 is 5.32 Å². The number of nitrogens with one attached hydrogen (secondary N) is 1. The Kier molecular flexibility index (Phi) is 5.03. The lowest BCUT2D eigenvalue weighted by Crippen LogP contribution is -2.44. The van der Waals surface area contributed by atoms with Gasteiger partial charge < -0.3 is 10.1 Å². The van der Waals surface area contributed by atoms with E-state index < -0.39 is 23.8 Å². The molecule has 0 spiro atoms. The van der Waals surface area contributed by atoms with E-state index in [1.165, 1.54) is 6.92 Å². The minimum absolute atomic E-state index is 0.0639. The summed E-state index contributed by atoms with van der Waals surface area (Å²) < 4.78 is 46.1. The topological polar surface area (TPSA) is 56.2 Å². The third-order valence-corrected chi connectivity index (χ3v) is 5.13. The first-order valence-corrected chi connectivity index (χ1v) is 8.85. The molecule has 0 radical (unpaired) electrons. The molecule has 2 heterocycles. The first-order valence-electron chi connectivity index (χ1n) is 8.47. The molecule has 140 valence electrons. The molecule has 1 aliphatic heterocycles. The van der Waals surface area contributed by atoms with Gasteiger partial charge in [0.25, 0.3) is 0 Å². The molecule has 1 aliphatic carbocycles. The molecule has 1 saturated carbocycles. The molecular formula is C16H21ClF3N3O2. The van der Waals surface area contributed by atoms with E-state index in [2.05, 4.69) is 10.4 Å². The van der Waals surface area contributed by atoms with Gasteiger partial charge in [-0.2, -0.15) is 18.3 Å².